The van der Waals surface area contributed by atoms with E-state index in [2.05, 4.69) is 25.8 Å². The minimum atomic E-state index is -0.264. The Balaban J connectivity index is 1.46. The normalized spacial score (nSPS) is 15.7. The Hall–Kier alpha value is -3.88. The van der Waals surface area contributed by atoms with Crippen LogP contribution in [0.1, 0.15) is 38.1 Å². The molecule has 0 aliphatic carbocycles. The van der Waals surface area contributed by atoms with Gasteiger partial charge in [-0.1, -0.05) is 30.3 Å². The number of carbonyl (C=O) groups is 2. The Labute approximate surface area is 192 Å². The maximum Gasteiger partial charge on any atom is 0.319 e. The average Bonchev–Trinajstić information content (AvgIpc) is 3.34. The predicted octanol–water partition coefficient (Wildman–Crippen LogP) is 3.75. The highest BCUT2D eigenvalue weighted by Crippen LogP contribution is 2.30. The highest BCUT2D eigenvalue weighted by atomic mass is 16.5. The number of nitrogens with zero attached hydrogens (tertiary/aromatic N) is 3. The number of hydrogen-bond donors (Lipinski definition) is 3. The Morgan fingerprint density at radius 2 is 2.00 bits per heavy atom. The minimum absolute atomic E-state index is 0.0188. The van der Waals surface area contributed by atoms with E-state index < -0.39 is 0 Å². The predicted molar refractivity (Wildman–Crippen MR) is 125 cm³/mol. The number of urea groups is 1. The molecule has 1 aliphatic heterocycles. The van der Waals surface area contributed by atoms with Crippen molar-refractivity contribution in [3.05, 3.63) is 60.4 Å². The number of aromatic nitrogens is 3. The van der Waals surface area contributed by atoms with E-state index in [0.29, 0.717) is 36.2 Å². The van der Waals surface area contributed by atoms with Crippen molar-refractivity contribution in [3.8, 4) is 17.1 Å². The number of likely N-dealkylation sites (tertiary alicyclic amines) is 1. The molecule has 172 valence electrons. The fourth-order valence-corrected chi connectivity index (χ4v) is 3.88. The van der Waals surface area contributed by atoms with Gasteiger partial charge in [-0.15, -0.1) is 0 Å². The van der Waals surface area contributed by atoms with Crippen molar-refractivity contribution in [1.29, 1.82) is 0 Å². The lowest BCUT2D eigenvalue weighted by molar-refractivity contribution is -0.137. The van der Waals surface area contributed by atoms with Gasteiger partial charge in [0.05, 0.1) is 6.04 Å². The second-order valence-corrected chi connectivity index (χ2v) is 7.81. The number of aromatic amines is 1. The summed E-state index contributed by atoms with van der Waals surface area (Å²) in [6, 6.07) is 16.2. The highest BCUT2D eigenvalue weighted by molar-refractivity contribution is 5.89. The summed E-state index contributed by atoms with van der Waals surface area (Å²) in [4.78, 5) is 31.2. The third-order valence-electron chi connectivity index (χ3n) is 5.46. The molecule has 3 N–H and O–H groups in total. The molecule has 2 heterocycles. The molecule has 0 bridgehead atoms. The maximum absolute atomic E-state index is 12.9. The molecule has 33 heavy (non-hydrogen) atoms. The standard InChI is InChI=1S/C24H28N6O3/c1-2-25-24(32)26-18-10-8-9-17(15-18)22-27-23(29-28-22)20-13-6-7-14-30(20)21(31)16-33-19-11-4-3-5-12-19/h3-5,8-12,15,20H,2,6-7,13-14,16H2,1H3,(H2,25,26,32)(H,27,28,29). The molecule has 0 saturated carbocycles. The van der Waals surface area contributed by atoms with Crippen LogP contribution in [0.2, 0.25) is 0 Å². The number of para-hydroxylation sites is 1. The molecular formula is C24H28N6O3. The summed E-state index contributed by atoms with van der Waals surface area (Å²) in [7, 11) is 0. The van der Waals surface area contributed by atoms with E-state index in [1.807, 2.05) is 60.4 Å². The van der Waals surface area contributed by atoms with E-state index >= 15 is 0 Å². The summed E-state index contributed by atoms with van der Waals surface area (Å²) >= 11 is 0. The van der Waals surface area contributed by atoms with Gasteiger partial charge in [0, 0.05) is 24.3 Å². The lowest BCUT2D eigenvalue weighted by atomic mass is 10.0. The first-order valence-electron chi connectivity index (χ1n) is 11.2. The zero-order valence-electron chi connectivity index (χ0n) is 18.6. The number of piperidine rings is 1. The van der Waals surface area contributed by atoms with Crippen LogP contribution in [0.3, 0.4) is 0 Å². The Morgan fingerprint density at radius 1 is 1.15 bits per heavy atom. The molecule has 1 fully saturated rings. The van der Waals surface area contributed by atoms with Crippen LogP contribution in [0, 0.1) is 0 Å². The van der Waals surface area contributed by atoms with E-state index in [9.17, 15) is 9.59 Å². The first kappa shape index (κ1) is 22.3. The van der Waals surface area contributed by atoms with E-state index in [0.717, 1.165) is 24.8 Å². The quantitative estimate of drug-likeness (QED) is 0.510. The van der Waals surface area contributed by atoms with Crippen LogP contribution in [0.25, 0.3) is 11.4 Å². The molecule has 1 unspecified atom stereocenters. The summed E-state index contributed by atoms with van der Waals surface area (Å²) in [6.45, 7) is 3.04. The minimum Gasteiger partial charge on any atom is -0.484 e. The molecule has 3 aromatic rings. The van der Waals surface area contributed by atoms with Crippen molar-refractivity contribution >= 4 is 17.6 Å². The van der Waals surface area contributed by atoms with E-state index in [4.69, 9.17) is 4.74 Å². The second kappa shape index (κ2) is 10.6. The first-order chi connectivity index (χ1) is 16.1. The molecule has 1 saturated heterocycles. The van der Waals surface area contributed by atoms with Crippen LogP contribution >= 0.6 is 0 Å². The van der Waals surface area contributed by atoms with E-state index in [1.165, 1.54) is 0 Å². The molecule has 0 radical (unpaired) electrons. The van der Waals surface area contributed by atoms with Crippen molar-refractivity contribution in [1.82, 2.24) is 25.4 Å². The first-order valence-corrected chi connectivity index (χ1v) is 11.2. The van der Waals surface area contributed by atoms with Crippen molar-refractivity contribution in [2.45, 2.75) is 32.2 Å². The monoisotopic (exact) mass is 448 g/mol. The number of hydrogen-bond acceptors (Lipinski definition) is 5. The summed E-state index contributed by atoms with van der Waals surface area (Å²) in [5.41, 5.74) is 1.42. The van der Waals surface area contributed by atoms with Gasteiger partial charge in [0.2, 0.25) is 0 Å². The molecule has 0 spiro atoms. The number of rotatable bonds is 7. The van der Waals surface area contributed by atoms with Crippen LogP contribution < -0.4 is 15.4 Å². The molecule has 1 aromatic heterocycles. The van der Waals surface area contributed by atoms with Gasteiger partial charge in [0.25, 0.3) is 5.91 Å². The van der Waals surface area contributed by atoms with Crippen LogP contribution in [-0.4, -0.2) is 51.7 Å². The maximum atomic E-state index is 12.9. The molecule has 4 rings (SSSR count). The Bertz CT molecular complexity index is 1080. The molecule has 9 nitrogen and oxygen atoms in total. The van der Waals surface area contributed by atoms with Gasteiger partial charge in [-0.3, -0.25) is 9.89 Å². The Kier molecular flexibility index (Phi) is 7.19. The number of nitrogens with one attached hydrogen (secondary N) is 3. The SMILES string of the molecule is CCNC(=O)Nc1cccc(-c2n[nH]c(C3CCCCN3C(=O)COc3ccccc3)n2)c1. The van der Waals surface area contributed by atoms with Gasteiger partial charge in [-0.2, -0.15) is 5.10 Å². The molecule has 1 aliphatic rings. The molecule has 1 atom stereocenters. The van der Waals surface area contributed by atoms with Gasteiger partial charge in [0.1, 0.15) is 11.6 Å². The molecule has 9 heteroatoms. The zero-order chi connectivity index (χ0) is 23.0. The van der Waals surface area contributed by atoms with Gasteiger partial charge >= 0.3 is 6.03 Å². The molecular weight excluding hydrogens is 420 g/mol. The third kappa shape index (κ3) is 5.68. The lowest BCUT2D eigenvalue weighted by Crippen LogP contribution is -2.41. The van der Waals surface area contributed by atoms with Crippen LogP contribution in [0.15, 0.2) is 54.6 Å². The fourth-order valence-electron chi connectivity index (χ4n) is 3.88. The topological polar surface area (TPSA) is 112 Å². The van der Waals surface area contributed by atoms with Crippen LogP contribution in [-0.2, 0) is 4.79 Å². The third-order valence-corrected chi connectivity index (χ3v) is 5.46. The van der Waals surface area contributed by atoms with Crippen LogP contribution in [0.5, 0.6) is 5.75 Å². The van der Waals surface area contributed by atoms with Gasteiger partial charge in [-0.25, -0.2) is 9.78 Å². The number of ether oxygens (including phenoxy) is 1. The largest absolute Gasteiger partial charge is 0.484 e. The lowest BCUT2D eigenvalue weighted by Gasteiger charge is -2.34. The number of carbonyl (C=O) groups excluding carboxylic acids is 2. The van der Waals surface area contributed by atoms with Gasteiger partial charge < -0.3 is 20.3 Å². The summed E-state index contributed by atoms with van der Waals surface area (Å²) in [5.74, 6) is 1.76. The van der Waals surface area contributed by atoms with E-state index in [1.54, 1.807) is 6.07 Å². The van der Waals surface area contributed by atoms with Crippen LogP contribution in [0.4, 0.5) is 10.5 Å². The van der Waals surface area contributed by atoms with Crippen molar-refractivity contribution in [2.75, 3.05) is 25.0 Å². The number of amides is 3. The summed E-state index contributed by atoms with van der Waals surface area (Å²) < 4.78 is 5.66. The Morgan fingerprint density at radius 3 is 2.82 bits per heavy atom. The zero-order valence-corrected chi connectivity index (χ0v) is 18.6. The number of anilines is 1. The van der Waals surface area contributed by atoms with Crippen molar-refractivity contribution in [3.63, 3.8) is 0 Å². The fraction of sp³-hybridized carbons (Fsp3) is 0.333. The van der Waals surface area contributed by atoms with E-state index in [-0.39, 0.29) is 24.6 Å². The smallest absolute Gasteiger partial charge is 0.319 e. The summed E-state index contributed by atoms with van der Waals surface area (Å²) in [5, 5.41) is 12.9. The van der Waals surface area contributed by atoms with Gasteiger partial charge in [0.15, 0.2) is 12.4 Å². The van der Waals surface area contributed by atoms with Crippen molar-refractivity contribution < 1.29 is 14.3 Å². The summed E-state index contributed by atoms with van der Waals surface area (Å²) in [6.07, 6.45) is 2.77. The van der Waals surface area contributed by atoms with Gasteiger partial charge in [-0.05, 0) is 50.5 Å². The number of H-pyrrole nitrogens is 1. The average molecular weight is 449 g/mol. The molecule has 3 amide bonds. The highest BCUT2D eigenvalue weighted by Gasteiger charge is 2.30. The number of benzene rings is 2. The molecule has 2 aromatic carbocycles. The second-order valence-electron chi connectivity index (χ2n) is 7.81. The van der Waals surface area contributed by atoms with Crippen molar-refractivity contribution in [2.24, 2.45) is 0 Å².